The summed E-state index contributed by atoms with van der Waals surface area (Å²) < 4.78 is 10.5. The van der Waals surface area contributed by atoms with Gasteiger partial charge in [-0.15, -0.1) is 0 Å². The van der Waals surface area contributed by atoms with E-state index in [9.17, 15) is 4.79 Å². The number of anilines is 2. The van der Waals surface area contributed by atoms with Gasteiger partial charge < -0.3 is 20.1 Å². The molecular formula is C19H26N4O3. The predicted molar refractivity (Wildman–Crippen MR) is 101 cm³/mol. The highest BCUT2D eigenvalue weighted by atomic mass is 16.5. The lowest BCUT2D eigenvalue weighted by Gasteiger charge is -2.12. The van der Waals surface area contributed by atoms with E-state index in [2.05, 4.69) is 27.5 Å². The molecule has 7 nitrogen and oxygen atoms in total. The first-order valence-corrected chi connectivity index (χ1v) is 8.70. The molecule has 0 radical (unpaired) electrons. The highest BCUT2D eigenvalue weighted by Crippen LogP contribution is 2.30. The topological polar surface area (TPSA) is 85.4 Å². The standard InChI is InChI=1S/C19H26N4O3/c1-5-6-7-10-20-19(24)15-12-18(22-13(2)21-15)23-14-8-9-16(25-3)17(11-14)26-4/h8-9,11-12H,5-7,10H2,1-4H3,(H,20,24)(H,21,22,23). The number of rotatable bonds is 9. The van der Waals surface area contributed by atoms with E-state index in [-0.39, 0.29) is 5.91 Å². The van der Waals surface area contributed by atoms with Crippen LogP contribution in [-0.2, 0) is 0 Å². The lowest BCUT2D eigenvalue weighted by atomic mass is 10.2. The Labute approximate surface area is 154 Å². The van der Waals surface area contributed by atoms with Crippen molar-refractivity contribution in [3.8, 4) is 11.5 Å². The number of nitrogens with zero attached hydrogens (tertiary/aromatic N) is 2. The van der Waals surface area contributed by atoms with E-state index in [1.807, 2.05) is 6.07 Å². The number of methoxy groups -OCH3 is 2. The van der Waals surface area contributed by atoms with E-state index >= 15 is 0 Å². The number of carbonyl (C=O) groups is 1. The Morgan fingerprint density at radius 3 is 2.54 bits per heavy atom. The molecule has 2 N–H and O–H groups in total. The van der Waals surface area contributed by atoms with Crippen molar-refractivity contribution in [1.82, 2.24) is 15.3 Å². The minimum absolute atomic E-state index is 0.193. The minimum atomic E-state index is -0.193. The number of hydrogen-bond donors (Lipinski definition) is 2. The summed E-state index contributed by atoms with van der Waals surface area (Å²) in [7, 11) is 3.17. The predicted octanol–water partition coefficient (Wildman–Crippen LogP) is 3.47. The monoisotopic (exact) mass is 358 g/mol. The number of nitrogens with one attached hydrogen (secondary N) is 2. The van der Waals surface area contributed by atoms with Crippen LogP contribution in [0, 0.1) is 6.92 Å². The Morgan fingerprint density at radius 1 is 1.08 bits per heavy atom. The molecule has 2 rings (SSSR count). The average molecular weight is 358 g/mol. The molecule has 0 saturated heterocycles. The molecule has 1 aromatic carbocycles. The van der Waals surface area contributed by atoms with Crippen molar-refractivity contribution in [3.63, 3.8) is 0 Å². The number of amides is 1. The van der Waals surface area contributed by atoms with E-state index in [0.717, 1.165) is 24.9 Å². The van der Waals surface area contributed by atoms with Crippen molar-refractivity contribution in [3.05, 3.63) is 35.8 Å². The maximum Gasteiger partial charge on any atom is 0.270 e. The highest BCUT2D eigenvalue weighted by molar-refractivity contribution is 5.93. The zero-order valence-corrected chi connectivity index (χ0v) is 15.8. The summed E-state index contributed by atoms with van der Waals surface area (Å²) in [5.41, 5.74) is 1.12. The van der Waals surface area contributed by atoms with Gasteiger partial charge in [0, 0.05) is 24.4 Å². The molecule has 7 heteroatoms. The number of aryl methyl sites for hydroxylation is 1. The number of ether oxygens (including phenoxy) is 2. The first-order valence-electron chi connectivity index (χ1n) is 8.70. The van der Waals surface area contributed by atoms with Crippen LogP contribution in [0.4, 0.5) is 11.5 Å². The molecule has 1 amide bonds. The average Bonchev–Trinajstić information content (AvgIpc) is 2.64. The van der Waals surface area contributed by atoms with Crippen LogP contribution in [0.3, 0.4) is 0 Å². The second-order valence-electron chi connectivity index (χ2n) is 5.84. The van der Waals surface area contributed by atoms with Crippen LogP contribution in [-0.4, -0.2) is 36.6 Å². The molecule has 0 fully saturated rings. The SMILES string of the molecule is CCCCCNC(=O)c1cc(Nc2ccc(OC)c(OC)c2)nc(C)n1. The third-order valence-corrected chi connectivity index (χ3v) is 3.79. The molecule has 0 aliphatic rings. The fourth-order valence-corrected chi connectivity index (χ4v) is 2.48. The van der Waals surface area contributed by atoms with Crippen molar-refractivity contribution in [2.24, 2.45) is 0 Å². The fourth-order valence-electron chi connectivity index (χ4n) is 2.48. The zero-order valence-electron chi connectivity index (χ0n) is 15.8. The first kappa shape index (κ1) is 19.5. The number of benzene rings is 1. The van der Waals surface area contributed by atoms with Gasteiger partial charge in [0.2, 0.25) is 0 Å². The van der Waals surface area contributed by atoms with Gasteiger partial charge in [0.05, 0.1) is 14.2 Å². The summed E-state index contributed by atoms with van der Waals surface area (Å²) >= 11 is 0. The van der Waals surface area contributed by atoms with Gasteiger partial charge in [-0.3, -0.25) is 4.79 Å². The first-order chi connectivity index (χ1) is 12.6. The van der Waals surface area contributed by atoms with Crippen molar-refractivity contribution in [1.29, 1.82) is 0 Å². The molecule has 26 heavy (non-hydrogen) atoms. The van der Waals surface area contributed by atoms with Crippen LogP contribution in [0.25, 0.3) is 0 Å². The van der Waals surface area contributed by atoms with Crippen molar-refractivity contribution in [2.75, 3.05) is 26.1 Å². The van der Waals surface area contributed by atoms with Crippen LogP contribution < -0.4 is 20.1 Å². The molecule has 1 aromatic heterocycles. The minimum Gasteiger partial charge on any atom is -0.493 e. The Hall–Kier alpha value is -2.83. The third kappa shape index (κ3) is 5.34. The van der Waals surface area contributed by atoms with E-state index in [1.54, 1.807) is 39.3 Å². The summed E-state index contributed by atoms with van der Waals surface area (Å²) in [6.45, 7) is 4.53. The smallest absolute Gasteiger partial charge is 0.270 e. The van der Waals surface area contributed by atoms with Gasteiger partial charge in [0.1, 0.15) is 17.3 Å². The normalized spacial score (nSPS) is 10.3. The Bertz CT molecular complexity index is 750. The second kappa shape index (κ2) is 9.60. The number of aromatic nitrogens is 2. The lowest BCUT2D eigenvalue weighted by Crippen LogP contribution is -2.25. The van der Waals surface area contributed by atoms with E-state index < -0.39 is 0 Å². The van der Waals surface area contributed by atoms with Gasteiger partial charge in [-0.1, -0.05) is 19.8 Å². The second-order valence-corrected chi connectivity index (χ2v) is 5.84. The molecule has 2 aromatic rings. The van der Waals surface area contributed by atoms with E-state index in [0.29, 0.717) is 35.4 Å². The number of carbonyl (C=O) groups excluding carboxylic acids is 1. The molecule has 0 bridgehead atoms. The van der Waals surface area contributed by atoms with Crippen LogP contribution in [0.1, 0.15) is 42.5 Å². The lowest BCUT2D eigenvalue weighted by molar-refractivity contribution is 0.0947. The van der Waals surface area contributed by atoms with Crippen LogP contribution in [0.5, 0.6) is 11.5 Å². The quantitative estimate of drug-likeness (QED) is 0.668. The molecule has 0 unspecified atom stereocenters. The largest absolute Gasteiger partial charge is 0.493 e. The maximum atomic E-state index is 12.3. The highest BCUT2D eigenvalue weighted by Gasteiger charge is 2.11. The van der Waals surface area contributed by atoms with Gasteiger partial charge in [-0.05, 0) is 25.5 Å². The molecule has 0 saturated carbocycles. The van der Waals surface area contributed by atoms with E-state index in [4.69, 9.17) is 9.47 Å². The van der Waals surface area contributed by atoms with Crippen LogP contribution >= 0.6 is 0 Å². The molecule has 0 atom stereocenters. The van der Waals surface area contributed by atoms with Crippen molar-refractivity contribution < 1.29 is 14.3 Å². The molecule has 0 aliphatic heterocycles. The van der Waals surface area contributed by atoms with Gasteiger partial charge in [-0.2, -0.15) is 0 Å². The van der Waals surface area contributed by atoms with Gasteiger partial charge >= 0.3 is 0 Å². The van der Waals surface area contributed by atoms with Gasteiger partial charge in [-0.25, -0.2) is 9.97 Å². The number of unbranched alkanes of at least 4 members (excludes halogenated alkanes) is 2. The van der Waals surface area contributed by atoms with Gasteiger partial charge in [0.25, 0.3) is 5.91 Å². The third-order valence-electron chi connectivity index (χ3n) is 3.79. The molecule has 1 heterocycles. The Kier molecular flexibility index (Phi) is 7.20. The maximum absolute atomic E-state index is 12.3. The van der Waals surface area contributed by atoms with Crippen LogP contribution in [0.2, 0.25) is 0 Å². The Balaban J connectivity index is 2.13. The van der Waals surface area contributed by atoms with Gasteiger partial charge in [0.15, 0.2) is 11.5 Å². The summed E-state index contributed by atoms with van der Waals surface area (Å²) in [4.78, 5) is 20.9. The Morgan fingerprint density at radius 2 is 1.85 bits per heavy atom. The van der Waals surface area contributed by atoms with Crippen molar-refractivity contribution >= 4 is 17.4 Å². The number of hydrogen-bond acceptors (Lipinski definition) is 6. The summed E-state index contributed by atoms with van der Waals surface area (Å²) in [6.07, 6.45) is 3.17. The zero-order chi connectivity index (χ0) is 18.9. The summed E-state index contributed by atoms with van der Waals surface area (Å²) in [5, 5.41) is 6.07. The van der Waals surface area contributed by atoms with E-state index in [1.165, 1.54) is 0 Å². The van der Waals surface area contributed by atoms with Crippen LogP contribution in [0.15, 0.2) is 24.3 Å². The summed E-state index contributed by atoms with van der Waals surface area (Å²) in [5.74, 6) is 2.13. The molecular weight excluding hydrogens is 332 g/mol. The molecule has 140 valence electrons. The summed E-state index contributed by atoms with van der Waals surface area (Å²) in [6, 6.07) is 7.10. The van der Waals surface area contributed by atoms with Crippen molar-refractivity contribution in [2.45, 2.75) is 33.1 Å². The fraction of sp³-hybridized carbons (Fsp3) is 0.421. The molecule has 0 aliphatic carbocycles. The molecule has 0 spiro atoms.